The predicted molar refractivity (Wildman–Crippen MR) is 64.0 cm³/mol. The number of nitrogens with zero attached hydrogens (tertiary/aromatic N) is 1. The van der Waals surface area contributed by atoms with Gasteiger partial charge in [0.1, 0.15) is 7.11 Å². The van der Waals surface area contributed by atoms with Gasteiger partial charge < -0.3 is 14.7 Å². The Labute approximate surface area is 108 Å². The Hall–Kier alpha value is -1.46. The van der Waals surface area contributed by atoms with Crippen LogP contribution in [0.2, 0.25) is 10.0 Å². The molecule has 5 nitrogen and oxygen atoms in total. The van der Waals surface area contributed by atoms with Crippen LogP contribution in [-0.2, 0) is 9.57 Å². The maximum atomic E-state index is 10.9. The fourth-order valence-corrected chi connectivity index (χ4v) is 1.79. The van der Waals surface area contributed by atoms with Crippen LogP contribution in [0.5, 0.6) is 0 Å². The normalized spacial score (nSPS) is 11.2. The number of ether oxygens (including phenoxy) is 1. The predicted octanol–water partition coefficient (Wildman–Crippen LogP) is 2.65. The van der Waals surface area contributed by atoms with Crippen LogP contribution in [0.25, 0.3) is 0 Å². The summed E-state index contributed by atoms with van der Waals surface area (Å²) in [5.41, 5.74) is 0.0875. The SMILES string of the molecule is CON=C(OC)c1c(Cl)ccc(C(=O)O)c1Cl. The zero-order valence-corrected chi connectivity index (χ0v) is 10.5. The molecule has 0 aliphatic rings. The summed E-state index contributed by atoms with van der Waals surface area (Å²) in [5.74, 6) is -1.16. The fraction of sp³-hybridized carbons (Fsp3) is 0.200. The molecule has 0 spiro atoms. The number of hydrogen-bond donors (Lipinski definition) is 1. The standard InChI is InChI=1S/C10H9Cl2NO4/c1-16-9(13-17-2)7-6(11)4-3-5(8(7)12)10(14)15/h3-4H,1-2H3,(H,14,15). The Morgan fingerprint density at radius 3 is 2.47 bits per heavy atom. The van der Waals surface area contributed by atoms with Crippen molar-refractivity contribution >= 4 is 35.1 Å². The van der Waals surface area contributed by atoms with Crippen molar-refractivity contribution in [3.8, 4) is 0 Å². The summed E-state index contributed by atoms with van der Waals surface area (Å²) in [4.78, 5) is 15.5. The van der Waals surface area contributed by atoms with Gasteiger partial charge in [0.25, 0.3) is 5.90 Å². The molecule has 0 fully saturated rings. The second kappa shape index (κ2) is 5.75. The third kappa shape index (κ3) is 2.81. The molecule has 0 bridgehead atoms. The van der Waals surface area contributed by atoms with Crippen molar-refractivity contribution in [1.82, 2.24) is 0 Å². The first-order valence-corrected chi connectivity index (χ1v) is 5.15. The van der Waals surface area contributed by atoms with Crippen LogP contribution >= 0.6 is 23.2 Å². The lowest BCUT2D eigenvalue weighted by Crippen LogP contribution is -2.09. The molecule has 0 radical (unpaired) electrons. The van der Waals surface area contributed by atoms with E-state index in [1.807, 2.05) is 0 Å². The van der Waals surface area contributed by atoms with Crippen LogP contribution in [0.4, 0.5) is 0 Å². The van der Waals surface area contributed by atoms with Gasteiger partial charge >= 0.3 is 5.97 Å². The summed E-state index contributed by atoms with van der Waals surface area (Å²) < 4.78 is 4.94. The Morgan fingerprint density at radius 2 is 2.00 bits per heavy atom. The van der Waals surface area contributed by atoms with E-state index in [0.717, 1.165) is 0 Å². The number of carbonyl (C=O) groups is 1. The van der Waals surface area contributed by atoms with Crippen molar-refractivity contribution in [2.24, 2.45) is 5.16 Å². The van der Waals surface area contributed by atoms with Crippen LogP contribution in [0.3, 0.4) is 0 Å². The van der Waals surface area contributed by atoms with Gasteiger partial charge in [-0.1, -0.05) is 23.2 Å². The minimum Gasteiger partial charge on any atom is -0.478 e. The number of benzene rings is 1. The van der Waals surface area contributed by atoms with E-state index in [2.05, 4.69) is 9.99 Å². The van der Waals surface area contributed by atoms with E-state index < -0.39 is 5.97 Å². The van der Waals surface area contributed by atoms with Crippen molar-refractivity contribution in [1.29, 1.82) is 0 Å². The van der Waals surface area contributed by atoms with Gasteiger partial charge in [0.2, 0.25) is 0 Å². The summed E-state index contributed by atoms with van der Waals surface area (Å²) >= 11 is 11.9. The lowest BCUT2D eigenvalue weighted by molar-refractivity contribution is 0.0697. The van der Waals surface area contributed by atoms with E-state index in [0.29, 0.717) is 0 Å². The minimum atomic E-state index is -1.17. The van der Waals surface area contributed by atoms with Gasteiger partial charge in [-0.3, -0.25) is 0 Å². The highest BCUT2D eigenvalue weighted by atomic mass is 35.5. The molecular formula is C10H9Cl2NO4. The molecule has 1 aromatic rings. The van der Waals surface area contributed by atoms with Gasteiger partial charge in [0, 0.05) is 0 Å². The van der Waals surface area contributed by atoms with Gasteiger partial charge in [0.15, 0.2) is 0 Å². The highest BCUT2D eigenvalue weighted by molar-refractivity contribution is 6.41. The van der Waals surface area contributed by atoms with Crippen LogP contribution < -0.4 is 0 Å². The third-order valence-corrected chi connectivity index (χ3v) is 2.61. The number of oxime groups is 1. The molecule has 0 unspecified atom stereocenters. The van der Waals surface area contributed by atoms with E-state index in [9.17, 15) is 4.79 Å². The first-order chi connectivity index (χ1) is 8.02. The van der Waals surface area contributed by atoms with E-state index in [-0.39, 0.29) is 27.1 Å². The summed E-state index contributed by atoms with van der Waals surface area (Å²) in [7, 11) is 2.67. The zero-order chi connectivity index (χ0) is 13.0. The molecule has 1 rings (SSSR count). The molecule has 17 heavy (non-hydrogen) atoms. The lowest BCUT2D eigenvalue weighted by Gasteiger charge is -2.10. The highest BCUT2D eigenvalue weighted by Gasteiger charge is 2.20. The van der Waals surface area contributed by atoms with E-state index >= 15 is 0 Å². The summed E-state index contributed by atoms with van der Waals surface area (Å²) in [6.07, 6.45) is 0. The monoisotopic (exact) mass is 277 g/mol. The average molecular weight is 278 g/mol. The number of aromatic carboxylic acids is 1. The van der Waals surface area contributed by atoms with Crippen molar-refractivity contribution in [2.75, 3.05) is 14.2 Å². The lowest BCUT2D eigenvalue weighted by atomic mass is 10.1. The van der Waals surface area contributed by atoms with E-state index in [1.54, 1.807) is 0 Å². The molecule has 0 saturated carbocycles. The van der Waals surface area contributed by atoms with Crippen LogP contribution in [0, 0.1) is 0 Å². The fourth-order valence-electron chi connectivity index (χ4n) is 1.18. The average Bonchev–Trinajstić information content (AvgIpc) is 2.27. The van der Waals surface area contributed by atoms with Gasteiger partial charge in [-0.2, -0.15) is 0 Å². The molecule has 92 valence electrons. The largest absolute Gasteiger partial charge is 0.478 e. The molecule has 7 heteroatoms. The van der Waals surface area contributed by atoms with Crippen molar-refractivity contribution < 1.29 is 19.5 Å². The summed E-state index contributed by atoms with van der Waals surface area (Å²) in [5, 5.41) is 12.7. The number of carboxylic acid groups (broad SMARTS) is 1. The molecule has 1 aromatic carbocycles. The van der Waals surface area contributed by atoms with Crippen molar-refractivity contribution in [3.63, 3.8) is 0 Å². The molecule has 0 amide bonds. The number of methoxy groups -OCH3 is 1. The highest BCUT2D eigenvalue weighted by Crippen LogP contribution is 2.29. The van der Waals surface area contributed by atoms with Gasteiger partial charge in [-0.05, 0) is 17.3 Å². The van der Waals surface area contributed by atoms with Gasteiger partial charge in [0.05, 0.1) is 28.3 Å². The van der Waals surface area contributed by atoms with Gasteiger partial charge in [-0.25, -0.2) is 4.79 Å². The second-order valence-electron chi connectivity index (χ2n) is 2.87. The molecule has 0 heterocycles. The Bertz CT molecular complexity index is 474. The van der Waals surface area contributed by atoms with E-state index in [1.165, 1.54) is 26.4 Å². The quantitative estimate of drug-likeness (QED) is 0.524. The molecular weight excluding hydrogens is 269 g/mol. The topological polar surface area (TPSA) is 68.1 Å². The van der Waals surface area contributed by atoms with Crippen molar-refractivity contribution in [2.45, 2.75) is 0 Å². The summed E-state index contributed by atoms with van der Waals surface area (Å²) in [6, 6.07) is 2.70. The number of rotatable bonds is 3. The molecule has 0 saturated heterocycles. The number of hydrogen-bond acceptors (Lipinski definition) is 4. The second-order valence-corrected chi connectivity index (χ2v) is 3.66. The first-order valence-electron chi connectivity index (χ1n) is 4.39. The molecule has 0 aromatic heterocycles. The maximum Gasteiger partial charge on any atom is 0.337 e. The van der Waals surface area contributed by atoms with Crippen LogP contribution in [0.1, 0.15) is 15.9 Å². The molecule has 0 atom stereocenters. The Morgan fingerprint density at radius 1 is 1.35 bits per heavy atom. The Kier molecular flexibility index (Phi) is 4.60. The maximum absolute atomic E-state index is 10.9. The smallest absolute Gasteiger partial charge is 0.337 e. The van der Waals surface area contributed by atoms with Crippen LogP contribution in [-0.4, -0.2) is 31.2 Å². The molecule has 0 aliphatic carbocycles. The first kappa shape index (κ1) is 13.6. The van der Waals surface area contributed by atoms with E-state index in [4.69, 9.17) is 33.0 Å². The number of carboxylic acids is 1. The minimum absolute atomic E-state index is 0.00519. The number of halogens is 2. The van der Waals surface area contributed by atoms with Crippen molar-refractivity contribution in [3.05, 3.63) is 33.3 Å². The molecule has 1 N–H and O–H groups in total. The van der Waals surface area contributed by atoms with Gasteiger partial charge in [-0.15, -0.1) is 0 Å². The van der Waals surface area contributed by atoms with Crippen LogP contribution in [0.15, 0.2) is 17.3 Å². The molecule has 0 aliphatic heterocycles. The Balaban J connectivity index is 3.46. The summed E-state index contributed by atoms with van der Waals surface area (Å²) in [6.45, 7) is 0. The zero-order valence-electron chi connectivity index (χ0n) is 9.03. The third-order valence-electron chi connectivity index (χ3n) is 1.90.